The summed E-state index contributed by atoms with van der Waals surface area (Å²) in [5, 5.41) is 8.69. The number of carbonyl (C=O) groups excluding carboxylic acids is 1. The maximum atomic E-state index is 11.4. The van der Waals surface area contributed by atoms with Crippen molar-refractivity contribution in [2.24, 2.45) is 0 Å². The standard InChI is InChI=1S/C8H14N2O4S/c1-6-4-10(2-3-15-6)8(13)9-14-5-7(11)12/h6H,2-5H2,1H3,(H,9,13)(H,11,12). The van der Waals surface area contributed by atoms with Gasteiger partial charge < -0.3 is 10.0 Å². The molecule has 1 saturated heterocycles. The van der Waals surface area contributed by atoms with E-state index in [1.54, 1.807) is 4.90 Å². The summed E-state index contributed by atoms with van der Waals surface area (Å²) < 4.78 is 0. The number of hydroxylamine groups is 1. The predicted molar refractivity (Wildman–Crippen MR) is 55.6 cm³/mol. The van der Waals surface area contributed by atoms with Crippen molar-refractivity contribution in [3.05, 3.63) is 0 Å². The zero-order valence-electron chi connectivity index (χ0n) is 8.43. The van der Waals surface area contributed by atoms with E-state index < -0.39 is 12.6 Å². The minimum Gasteiger partial charge on any atom is -0.479 e. The molecule has 6 nitrogen and oxygen atoms in total. The highest BCUT2D eigenvalue weighted by Crippen LogP contribution is 2.17. The van der Waals surface area contributed by atoms with Gasteiger partial charge in [0.1, 0.15) is 0 Å². The zero-order chi connectivity index (χ0) is 11.3. The number of aliphatic carboxylic acids is 1. The Balaban J connectivity index is 2.24. The van der Waals surface area contributed by atoms with Crippen LogP contribution in [0.25, 0.3) is 0 Å². The lowest BCUT2D eigenvalue weighted by atomic mass is 10.4. The van der Waals surface area contributed by atoms with Crippen LogP contribution < -0.4 is 5.48 Å². The van der Waals surface area contributed by atoms with Crippen LogP contribution in [0.3, 0.4) is 0 Å². The largest absolute Gasteiger partial charge is 0.479 e. The molecule has 0 aromatic rings. The average molecular weight is 234 g/mol. The summed E-state index contributed by atoms with van der Waals surface area (Å²) in [6.45, 7) is 2.84. The van der Waals surface area contributed by atoms with E-state index in [9.17, 15) is 9.59 Å². The summed E-state index contributed by atoms with van der Waals surface area (Å²) in [7, 11) is 0. The van der Waals surface area contributed by atoms with Crippen molar-refractivity contribution in [2.45, 2.75) is 12.2 Å². The number of nitrogens with one attached hydrogen (secondary N) is 1. The molecule has 0 aromatic carbocycles. The molecule has 1 heterocycles. The molecular formula is C8H14N2O4S. The van der Waals surface area contributed by atoms with Crippen molar-refractivity contribution >= 4 is 23.8 Å². The molecule has 86 valence electrons. The topological polar surface area (TPSA) is 78.9 Å². The van der Waals surface area contributed by atoms with Gasteiger partial charge >= 0.3 is 12.0 Å². The fourth-order valence-corrected chi connectivity index (χ4v) is 2.24. The number of urea groups is 1. The van der Waals surface area contributed by atoms with Gasteiger partial charge in [-0.1, -0.05) is 6.92 Å². The van der Waals surface area contributed by atoms with E-state index in [1.165, 1.54) is 0 Å². The van der Waals surface area contributed by atoms with Gasteiger partial charge in [-0.25, -0.2) is 15.1 Å². The fraction of sp³-hybridized carbons (Fsp3) is 0.750. The van der Waals surface area contributed by atoms with Crippen LogP contribution in [-0.4, -0.2) is 52.7 Å². The summed E-state index contributed by atoms with van der Waals surface area (Å²) in [6, 6.07) is -0.372. The van der Waals surface area contributed by atoms with Crippen molar-refractivity contribution in [3.63, 3.8) is 0 Å². The summed E-state index contributed by atoms with van der Waals surface area (Å²) in [5.41, 5.74) is 2.10. The van der Waals surface area contributed by atoms with Crippen LogP contribution >= 0.6 is 11.8 Å². The van der Waals surface area contributed by atoms with Crippen molar-refractivity contribution in [2.75, 3.05) is 25.4 Å². The molecule has 0 aliphatic carbocycles. The first kappa shape index (κ1) is 12.1. The Morgan fingerprint density at radius 1 is 1.67 bits per heavy atom. The van der Waals surface area contributed by atoms with E-state index in [4.69, 9.17) is 5.11 Å². The van der Waals surface area contributed by atoms with Gasteiger partial charge in [-0.2, -0.15) is 11.8 Å². The molecule has 1 atom stereocenters. The third kappa shape index (κ3) is 4.39. The highest BCUT2D eigenvalue weighted by molar-refractivity contribution is 7.99. The lowest BCUT2D eigenvalue weighted by Gasteiger charge is -2.30. The molecular weight excluding hydrogens is 220 g/mol. The van der Waals surface area contributed by atoms with Crippen LogP contribution in [0.5, 0.6) is 0 Å². The second-order valence-electron chi connectivity index (χ2n) is 3.22. The van der Waals surface area contributed by atoms with Gasteiger partial charge in [0, 0.05) is 24.1 Å². The number of carboxylic acids is 1. The SMILES string of the molecule is CC1CN(C(=O)NOCC(=O)O)CCS1. The number of rotatable bonds is 3. The zero-order valence-corrected chi connectivity index (χ0v) is 9.25. The fourth-order valence-electron chi connectivity index (χ4n) is 1.23. The molecule has 0 radical (unpaired) electrons. The number of nitrogens with zero attached hydrogens (tertiary/aromatic N) is 1. The molecule has 2 amide bonds. The maximum Gasteiger partial charge on any atom is 0.341 e. The summed E-state index contributed by atoms with van der Waals surface area (Å²) in [5.74, 6) is -0.217. The van der Waals surface area contributed by atoms with Gasteiger partial charge in [0.15, 0.2) is 6.61 Å². The van der Waals surface area contributed by atoms with E-state index in [0.29, 0.717) is 18.3 Å². The van der Waals surface area contributed by atoms with Crippen LogP contribution in [0.15, 0.2) is 0 Å². The Bertz CT molecular complexity index is 249. The highest BCUT2D eigenvalue weighted by atomic mass is 32.2. The Hall–Kier alpha value is -0.950. The number of thioether (sulfide) groups is 1. The number of carboxylic acid groups (broad SMARTS) is 1. The molecule has 1 rings (SSSR count). The molecule has 0 aromatic heterocycles. The Kier molecular flexibility index (Phi) is 4.70. The first-order valence-corrected chi connectivity index (χ1v) is 5.64. The van der Waals surface area contributed by atoms with E-state index in [-0.39, 0.29) is 6.03 Å². The quantitative estimate of drug-likeness (QED) is 0.679. The third-order valence-electron chi connectivity index (χ3n) is 1.88. The number of amides is 2. The van der Waals surface area contributed by atoms with E-state index in [2.05, 4.69) is 10.3 Å². The molecule has 7 heteroatoms. The van der Waals surface area contributed by atoms with Crippen LogP contribution in [0, 0.1) is 0 Å². The summed E-state index contributed by atoms with van der Waals surface area (Å²) >= 11 is 1.81. The minimum absolute atomic E-state index is 0.372. The Labute approximate surface area is 91.9 Å². The van der Waals surface area contributed by atoms with Gasteiger partial charge in [0.25, 0.3) is 0 Å². The molecule has 0 saturated carbocycles. The molecule has 1 fully saturated rings. The summed E-state index contributed by atoms with van der Waals surface area (Å²) in [4.78, 5) is 27.6. The lowest BCUT2D eigenvalue weighted by molar-refractivity contribution is -0.144. The van der Waals surface area contributed by atoms with Crippen molar-refractivity contribution < 1.29 is 19.5 Å². The van der Waals surface area contributed by atoms with Crippen LogP contribution in [0.1, 0.15) is 6.92 Å². The molecule has 1 aliphatic rings. The number of hydrogen-bond acceptors (Lipinski definition) is 4. The average Bonchev–Trinajstić information content (AvgIpc) is 2.17. The number of hydrogen-bond donors (Lipinski definition) is 2. The van der Waals surface area contributed by atoms with Gasteiger partial charge in [-0.3, -0.25) is 4.84 Å². The number of carbonyl (C=O) groups is 2. The first-order valence-electron chi connectivity index (χ1n) is 4.59. The predicted octanol–water partition coefficient (Wildman–Crippen LogP) is 0.150. The molecule has 1 unspecified atom stereocenters. The van der Waals surface area contributed by atoms with E-state index >= 15 is 0 Å². The lowest BCUT2D eigenvalue weighted by Crippen LogP contribution is -2.46. The van der Waals surface area contributed by atoms with Crippen molar-refractivity contribution in [3.8, 4) is 0 Å². The molecule has 0 bridgehead atoms. The molecule has 15 heavy (non-hydrogen) atoms. The maximum absolute atomic E-state index is 11.4. The third-order valence-corrected chi connectivity index (χ3v) is 3.02. The minimum atomic E-state index is -1.11. The van der Waals surface area contributed by atoms with Gasteiger partial charge in [0.2, 0.25) is 0 Å². The smallest absolute Gasteiger partial charge is 0.341 e. The van der Waals surface area contributed by atoms with Gasteiger partial charge in [-0.05, 0) is 0 Å². The molecule has 2 N–H and O–H groups in total. The Morgan fingerprint density at radius 2 is 2.40 bits per heavy atom. The van der Waals surface area contributed by atoms with Gasteiger partial charge in [-0.15, -0.1) is 0 Å². The molecule has 0 spiro atoms. The highest BCUT2D eigenvalue weighted by Gasteiger charge is 2.21. The molecule has 1 aliphatic heterocycles. The second kappa shape index (κ2) is 5.82. The van der Waals surface area contributed by atoms with Crippen molar-refractivity contribution in [1.82, 2.24) is 10.4 Å². The van der Waals surface area contributed by atoms with E-state index in [0.717, 1.165) is 5.75 Å². The van der Waals surface area contributed by atoms with Crippen molar-refractivity contribution in [1.29, 1.82) is 0 Å². The van der Waals surface area contributed by atoms with E-state index in [1.807, 2.05) is 18.7 Å². The first-order chi connectivity index (χ1) is 7.09. The van der Waals surface area contributed by atoms with Gasteiger partial charge in [0.05, 0.1) is 0 Å². The van der Waals surface area contributed by atoms with Crippen LogP contribution in [-0.2, 0) is 9.63 Å². The summed E-state index contributed by atoms with van der Waals surface area (Å²) in [6.07, 6.45) is 0. The second-order valence-corrected chi connectivity index (χ2v) is 4.76. The Morgan fingerprint density at radius 3 is 3.00 bits per heavy atom. The van der Waals surface area contributed by atoms with Crippen LogP contribution in [0.2, 0.25) is 0 Å². The van der Waals surface area contributed by atoms with Crippen LogP contribution in [0.4, 0.5) is 4.79 Å². The normalized spacial score (nSPS) is 21.1. The monoisotopic (exact) mass is 234 g/mol.